The van der Waals surface area contributed by atoms with Gasteiger partial charge in [-0.05, 0) is 55.9 Å². The minimum absolute atomic E-state index is 0.188. The fraction of sp³-hybridized carbons (Fsp3) is 0.667. The van der Waals surface area contributed by atoms with Gasteiger partial charge in [0, 0.05) is 11.5 Å². The Morgan fingerprint density at radius 3 is 2.08 bits per heavy atom. The van der Waals surface area contributed by atoms with Gasteiger partial charge in [0.05, 0.1) is 0 Å². The Morgan fingerprint density at radius 2 is 1.44 bits per heavy atom. The standard InChI is InChI=1S/C24H35F/c1-2-3-4-5-6-7-8-9-10-21-11-13-22(14-12-21)15-16-23-17-19-24(25)20-18-23/h17-22H,2-14H2,1H3. The van der Waals surface area contributed by atoms with Crippen LogP contribution in [0, 0.1) is 29.5 Å². The normalized spacial score (nSPS) is 20.1. The number of benzene rings is 1. The first-order valence-electron chi connectivity index (χ1n) is 10.5. The van der Waals surface area contributed by atoms with Crippen LogP contribution in [0.4, 0.5) is 4.39 Å². The molecule has 0 aromatic heterocycles. The summed E-state index contributed by atoms with van der Waals surface area (Å²) >= 11 is 0. The van der Waals surface area contributed by atoms with E-state index in [9.17, 15) is 4.39 Å². The highest BCUT2D eigenvalue weighted by molar-refractivity contribution is 5.34. The van der Waals surface area contributed by atoms with Crippen LogP contribution < -0.4 is 0 Å². The van der Waals surface area contributed by atoms with E-state index in [2.05, 4.69) is 18.8 Å². The van der Waals surface area contributed by atoms with E-state index >= 15 is 0 Å². The average Bonchev–Trinajstić information content (AvgIpc) is 2.64. The van der Waals surface area contributed by atoms with Gasteiger partial charge in [-0.3, -0.25) is 0 Å². The molecule has 1 aliphatic rings. The molecular formula is C24H35F. The van der Waals surface area contributed by atoms with Gasteiger partial charge in [0.25, 0.3) is 0 Å². The van der Waals surface area contributed by atoms with Crippen LogP contribution >= 0.6 is 0 Å². The molecule has 0 aliphatic heterocycles. The molecule has 0 saturated heterocycles. The van der Waals surface area contributed by atoms with E-state index in [1.807, 2.05) is 0 Å². The van der Waals surface area contributed by atoms with Crippen molar-refractivity contribution < 1.29 is 4.39 Å². The predicted molar refractivity (Wildman–Crippen MR) is 106 cm³/mol. The average molecular weight is 343 g/mol. The van der Waals surface area contributed by atoms with Crippen molar-refractivity contribution in [2.45, 2.75) is 90.4 Å². The van der Waals surface area contributed by atoms with Gasteiger partial charge < -0.3 is 0 Å². The molecule has 0 spiro atoms. The van der Waals surface area contributed by atoms with Crippen LogP contribution in [0.3, 0.4) is 0 Å². The Balaban J connectivity index is 1.54. The maximum atomic E-state index is 12.9. The molecule has 2 rings (SSSR count). The van der Waals surface area contributed by atoms with Crippen molar-refractivity contribution in [2.24, 2.45) is 11.8 Å². The largest absolute Gasteiger partial charge is 0.207 e. The van der Waals surface area contributed by atoms with Crippen molar-refractivity contribution in [3.63, 3.8) is 0 Å². The minimum atomic E-state index is -0.188. The van der Waals surface area contributed by atoms with Gasteiger partial charge in [0.2, 0.25) is 0 Å². The number of halogens is 1. The minimum Gasteiger partial charge on any atom is -0.207 e. The van der Waals surface area contributed by atoms with Crippen LogP contribution in [-0.2, 0) is 0 Å². The topological polar surface area (TPSA) is 0 Å². The van der Waals surface area contributed by atoms with E-state index in [-0.39, 0.29) is 5.82 Å². The molecule has 0 amide bonds. The van der Waals surface area contributed by atoms with Crippen molar-refractivity contribution in [1.29, 1.82) is 0 Å². The van der Waals surface area contributed by atoms with Gasteiger partial charge in [0.15, 0.2) is 0 Å². The van der Waals surface area contributed by atoms with E-state index in [0.29, 0.717) is 5.92 Å². The second-order valence-electron chi connectivity index (χ2n) is 7.76. The lowest BCUT2D eigenvalue weighted by molar-refractivity contribution is 0.293. The highest BCUT2D eigenvalue weighted by atomic mass is 19.1. The molecule has 1 heteroatoms. The van der Waals surface area contributed by atoms with Crippen LogP contribution in [0.1, 0.15) is 96.0 Å². The lowest BCUT2D eigenvalue weighted by atomic mass is 9.80. The fourth-order valence-corrected chi connectivity index (χ4v) is 3.88. The van der Waals surface area contributed by atoms with Crippen LogP contribution in [0.2, 0.25) is 0 Å². The van der Waals surface area contributed by atoms with Gasteiger partial charge in [-0.1, -0.05) is 76.6 Å². The second-order valence-corrected chi connectivity index (χ2v) is 7.76. The van der Waals surface area contributed by atoms with E-state index in [4.69, 9.17) is 0 Å². The molecule has 1 fully saturated rings. The first-order valence-corrected chi connectivity index (χ1v) is 10.5. The van der Waals surface area contributed by atoms with Crippen molar-refractivity contribution in [2.75, 3.05) is 0 Å². The van der Waals surface area contributed by atoms with Gasteiger partial charge in [-0.15, -0.1) is 0 Å². The number of unbranched alkanes of at least 4 members (excludes halogenated alkanes) is 7. The summed E-state index contributed by atoms with van der Waals surface area (Å²) in [4.78, 5) is 0. The molecule has 0 nitrogen and oxygen atoms in total. The molecule has 138 valence electrons. The van der Waals surface area contributed by atoms with E-state index in [1.165, 1.54) is 95.6 Å². The number of rotatable bonds is 9. The Kier molecular flexibility index (Phi) is 9.71. The van der Waals surface area contributed by atoms with E-state index < -0.39 is 0 Å². The molecule has 1 aromatic rings. The molecule has 0 atom stereocenters. The van der Waals surface area contributed by atoms with Gasteiger partial charge >= 0.3 is 0 Å². The Morgan fingerprint density at radius 1 is 0.840 bits per heavy atom. The third-order valence-electron chi connectivity index (χ3n) is 5.58. The summed E-state index contributed by atoms with van der Waals surface area (Å²) in [5.41, 5.74) is 0.933. The molecule has 0 heterocycles. The summed E-state index contributed by atoms with van der Waals surface area (Å²) in [5, 5.41) is 0. The van der Waals surface area contributed by atoms with Gasteiger partial charge in [-0.2, -0.15) is 0 Å². The van der Waals surface area contributed by atoms with Crippen molar-refractivity contribution in [1.82, 2.24) is 0 Å². The quantitative estimate of drug-likeness (QED) is 0.321. The molecule has 1 saturated carbocycles. The monoisotopic (exact) mass is 342 g/mol. The molecule has 1 aliphatic carbocycles. The Hall–Kier alpha value is -1.29. The molecule has 1 aromatic carbocycles. The summed E-state index contributed by atoms with van der Waals surface area (Å²) in [5.74, 6) is 7.91. The van der Waals surface area contributed by atoms with Crippen LogP contribution in [-0.4, -0.2) is 0 Å². The van der Waals surface area contributed by atoms with Crippen molar-refractivity contribution >= 4 is 0 Å². The smallest absolute Gasteiger partial charge is 0.123 e. The van der Waals surface area contributed by atoms with Crippen LogP contribution in [0.5, 0.6) is 0 Å². The zero-order chi connectivity index (χ0) is 17.7. The molecule has 0 unspecified atom stereocenters. The van der Waals surface area contributed by atoms with E-state index in [0.717, 1.165) is 11.5 Å². The first-order chi connectivity index (χ1) is 12.3. The zero-order valence-corrected chi connectivity index (χ0v) is 16.0. The highest BCUT2D eigenvalue weighted by Crippen LogP contribution is 2.31. The molecule has 0 bridgehead atoms. The molecule has 25 heavy (non-hydrogen) atoms. The van der Waals surface area contributed by atoms with Crippen LogP contribution in [0.15, 0.2) is 24.3 Å². The Labute approximate surface area is 154 Å². The SMILES string of the molecule is CCCCCCCCCCC1CCC(C#Cc2ccc(F)cc2)CC1. The summed E-state index contributed by atoms with van der Waals surface area (Å²) in [6.45, 7) is 2.28. The number of hydrogen-bond acceptors (Lipinski definition) is 0. The molecule has 0 radical (unpaired) electrons. The lowest BCUT2D eigenvalue weighted by Crippen LogP contribution is -2.13. The third-order valence-corrected chi connectivity index (χ3v) is 5.58. The maximum absolute atomic E-state index is 12.9. The van der Waals surface area contributed by atoms with Crippen molar-refractivity contribution in [3.05, 3.63) is 35.6 Å². The number of hydrogen-bond donors (Lipinski definition) is 0. The molecule has 0 N–H and O–H groups in total. The Bertz CT molecular complexity index is 511. The lowest BCUT2D eigenvalue weighted by Gasteiger charge is -2.25. The van der Waals surface area contributed by atoms with Crippen LogP contribution in [0.25, 0.3) is 0 Å². The first kappa shape index (κ1) is 20.0. The fourth-order valence-electron chi connectivity index (χ4n) is 3.88. The summed E-state index contributed by atoms with van der Waals surface area (Å²) in [7, 11) is 0. The van der Waals surface area contributed by atoms with Gasteiger partial charge in [0.1, 0.15) is 5.82 Å². The zero-order valence-electron chi connectivity index (χ0n) is 16.0. The second kappa shape index (κ2) is 12.1. The summed E-state index contributed by atoms with van der Waals surface area (Å²) in [6.07, 6.45) is 17.9. The third kappa shape index (κ3) is 8.57. The summed E-state index contributed by atoms with van der Waals surface area (Å²) < 4.78 is 12.9. The highest BCUT2D eigenvalue weighted by Gasteiger charge is 2.19. The van der Waals surface area contributed by atoms with Gasteiger partial charge in [-0.25, -0.2) is 4.39 Å². The van der Waals surface area contributed by atoms with E-state index in [1.54, 1.807) is 12.1 Å². The molecular weight excluding hydrogens is 307 g/mol. The summed E-state index contributed by atoms with van der Waals surface area (Å²) in [6, 6.07) is 6.53. The van der Waals surface area contributed by atoms with Crippen molar-refractivity contribution in [3.8, 4) is 11.8 Å². The predicted octanol–water partition coefficient (Wildman–Crippen LogP) is 7.51. The maximum Gasteiger partial charge on any atom is 0.123 e.